The van der Waals surface area contributed by atoms with Crippen LogP contribution < -0.4 is 5.32 Å². The molecule has 0 unspecified atom stereocenters. The third-order valence-corrected chi connectivity index (χ3v) is 2.32. The third-order valence-electron chi connectivity index (χ3n) is 2.32. The zero-order valence-electron chi connectivity index (χ0n) is 11.9. The Morgan fingerprint density at radius 1 is 1.12 bits per heavy atom. The lowest BCUT2D eigenvalue weighted by atomic mass is 10.1. The summed E-state index contributed by atoms with van der Waals surface area (Å²) in [5.41, 5.74) is 1.15. The van der Waals surface area contributed by atoms with Gasteiger partial charge in [-0.1, -0.05) is 47.1 Å². The van der Waals surface area contributed by atoms with E-state index in [1.165, 1.54) is 25.7 Å². The van der Waals surface area contributed by atoms with Crippen molar-refractivity contribution in [2.24, 2.45) is 5.92 Å². The molecule has 1 N–H and O–H groups in total. The molecule has 0 heterocycles. The van der Waals surface area contributed by atoms with Crippen LogP contribution in [-0.4, -0.2) is 20.3 Å². The Morgan fingerprint density at radius 3 is 2.19 bits per heavy atom. The molecule has 98 valence electrons. The quantitative estimate of drug-likeness (QED) is 0.604. The van der Waals surface area contributed by atoms with Gasteiger partial charge in [0.2, 0.25) is 0 Å². The summed E-state index contributed by atoms with van der Waals surface area (Å²) < 4.78 is 4.99. The van der Waals surface area contributed by atoms with Crippen LogP contribution in [0.4, 0.5) is 0 Å². The predicted octanol–water partition coefficient (Wildman–Crippen LogP) is 3.98. The zero-order chi connectivity index (χ0) is 12.8. The van der Waals surface area contributed by atoms with Gasteiger partial charge in [0, 0.05) is 26.0 Å². The molecule has 0 fully saturated rings. The van der Waals surface area contributed by atoms with E-state index in [-0.39, 0.29) is 0 Å². The first kappa shape index (κ1) is 17.9. The van der Waals surface area contributed by atoms with Crippen LogP contribution in [0.15, 0.2) is 12.3 Å². The van der Waals surface area contributed by atoms with Crippen LogP contribution in [0, 0.1) is 5.92 Å². The maximum Gasteiger partial charge on any atom is 0.0462 e. The van der Waals surface area contributed by atoms with Crippen molar-refractivity contribution in [2.45, 2.75) is 53.4 Å². The Kier molecular flexibility index (Phi) is 16.2. The van der Waals surface area contributed by atoms with Crippen molar-refractivity contribution in [2.75, 3.05) is 20.3 Å². The minimum atomic E-state index is 0.545. The van der Waals surface area contributed by atoms with Crippen molar-refractivity contribution in [3.05, 3.63) is 12.3 Å². The number of methoxy groups -OCH3 is 1. The van der Waals surface area contributed by atoms with Crippen LogP contribution in [0.1, 0.15) is 53.4 Å². The zero-order valence-corrected chi connectivity index (χ0v) is 11.9. The predicted molar refractivity (Wildman–Crippen MR) is 73.7 cm³/mol. The van der Waals surface area contributed by atoms with Crippen LogP contribution in [0.25, 0.3) is 0 Å². The first-order valence-electron chi connectivity index (χ1n) is 6.60. The Morgan fingerprint density at radius 2 is 1.69 bits per heavy atom. The summed E-state index contributed by atoms with van der Waals surface area (Å²) in [6.07, 6.45) is 4.96. The minimum Gasteiger partial charge on any atom is -0.389 e. The molecule has 0 aliphatic heterocycles. The first-order valence-corrected chi connectivity index (χ1v) is 6.60. The molecule has 2 nitrogen and oxygen atoms in total. The second kappa shape index (κ2) is 14.5. The molecule has 0 spiro atoms. The van der Waals surface area contributed by atoms with E-state index in [0.29, 0.717) is 5.92 Å². The molecule has 0 bridgehead atoms. The second-order valence-corrected chi connectivity index (χ2v) is 4.01. The van der Waals surface area contributed by atoms with E-state index in [1.54, 1.807) is 7.11 Å². The van der Waals surface area contributed by atoms with E-state index in [9.17, 15) is 0 Å². The van der Waals surface area contributed by atoms with Crippen molar-refractivity contribution >= 4 is 0 Å². The number of unbranched alkanes of at least 4 members (excludes halogenated alkanes) is 3. The fraction of sp³-hybridized carbons (Fsp3) is 0.857. The van der Waals surface area contributed by atoms with Gasteiger partial charge in [0.1, 0.15) is 0 Å². The van der Waals surface area contributed by atoms with E-state index in [4.69, 9.17) is 4.74 Å². The second-order valence-electron chi connectivity index (χ2n) is 4.01. The molecular formula is C14H31NO. The average molecular weight is 229 g/mol. The maximum absolute atomic E-state index is 4.99. The molecule has 0 saturated carbocycles. The fourth-order valence-electron chi connectivity index (χ4n) is 1.18. The van der Waals surface area contributed by atoms with Gasteiger partial charge in [-0.05, 0) is 18.8 Å². The molecular weight excluding hydrogens is 198 g/mol. The highest BCUT2D eigenvalue weighted by atomic mass is 16.5. The summed E-state index contributed by atoms with van der Waals surface area (Å²) in [7, 11) is 1.76. The number of hydrogen-bond acceptors (Lipinski definition) is 2. The molecule has 0 aromatic carbocycles. The summed E-state index contributed by atoms with van der Waals surface area (Å²) in [4.78, 5) is 0. The summed E-state index contributed by atoms with van der Waals surface area (Å²) in [5.74, 6) is 0.545. The van der Waals surface area contributed by atoms with Crippen molar-refractivity contribution in [1.29, 1.82) is 0 Å². The lowest BCUT2D eigenvalue weighted by molar-refractivity contribution is 0.192. The molecule has 0 amide bonds. The highest BCUT2D eigenvalue weighted by Gasteiger charge is 1.97. The van der Waals surface area contributed by atoms with Crippen LogP contribution in [-0.2, 0) is 4.74 Å². The minimum absolute atomic E-state index is 0.545. The van der Waals surface area contributed by atoms with Gasteiger partial charge in [0.25, 0.3) is 0 Å². The lowest BCUT2D eigenvalue weighted by Crippen LogP contribution is -2.17. The van der Waals surface area contributed by atoms with Crippen molar-refractivity contribution in [3.63, 3.8) is 0 Å². The highest BCUT2D eigenvalue weighted by molar-refractivity contribution is 4.93. The SMILES string of the molecule is C=C(NCCCCCCOC)C(C)C.CC. The number of hydrogen-bond donors (Lipinski definition) is 1. The van der Waals surface area contributed by atoms with Crippen LogP contribution >= 0.6 is 0 Å². The van der Waals surface area contributed by atoms with E-state index in [1.807, 2.05) is 13.8 Å². The Hall–Kier alpha value is -0.500. The standard InChI is InChI=1S/C12H25NO.C2H6/c1-11(2)12(3)13-9-7-5-6-8-10-14-4;1-2/h11,13H,3,5-10H2,1-2,4H3;1-2H3. The van der Waals surface area contributed by atoms with Gasteiger partial charge in [0.05, 0.1) is 0 Å². The van der Waals surface area contributed by atoms with Gasteiger partial charge in [-0.2, -0.15) is 0 Å². The Bertz CT molecular complexity index is 144. The number of ether oxygens (including phenoxy) is 1. The molecule has 0 aliphatic rings. The molecule has 0 aliphatic carbocycles. The van der Waals surface area contributed by atoms with Gasteiger partial charge < -0.3 is 10.1 Å². The monoisotopic (exact) mass is 229 g/mol. The Labute approximate surface area is 102 Å². The number of rotatable bonds is 9. The van der Waals surface area contributed by atoms with Crippen molar-refractivity contribution in [3.8, 4) is 0 Å². The van der Waals surface area contributed by atoms with Gasteiger partial charge in [0.15, 0.2) is 0 Å². The molecule has 0 radical (unpaired) electrons. The normalized spacial score (nSPS) is 9.62. The van der Waals surface area contributed by atoms with E-state index < -0.39 is 0 Å². The van der Waals surface area contributed by atoms with Crippen LogP contribution in [0.5, 0.6) is 0 Å². The summed E-state index contributed by atoms with van der Waals surface area (Å²) in [6.45, 7) is 14.2. The van der Waals surface area contributed by atoms with Crippen LogP contribution in [0.2, 0.25) is 0 Å². The maximum atomic E-state index is 4.99. The summed E-state index contributed by atoms with van der Waals surface area (Å²) >= 11 is 0. The highest BCUT2D eigenvalue weighted by Crippen LogP contribution is 2.03. The number of nitrogens with one attached hydrogen (secondary N) is 1. The van der Waals surface area contributed by atoms with Crippen molar-refractivity contribution < 1.29 is 4.74 Å². The summed E-state index contributed by atoms with van der Waals surface area (Å²) in [5, 5.41) is 3.35. The first-order chi connectivity index (χ1) is 7.68. The molecule has 16 heavy (non-hydrogen) atoms. The molecule has 0 aromatic rings. The number of allylic oxidation sites excluding steroid dienone is 1. The molecule has 0 aromatic heterocycles. The van der Waals surface area contributed by atoms with Gasteiger partial charge in [-0.25, -0.2) is 0 Å². The largest absolute Gasteiger partial charge is 0.389 e. The van der Waals surface area contributed by atoms with Gasteiger partial charge in [-0.3, -0.25) is 0 Å². The third kappa shape index (κ3) is 13.5. The molecule has 0 atom stereocenters. The molecule has 2 heteroatoms. The summed E-state index contributed by atoms with van der Waals surface area (Å²) in [6, 6.07) is 0. The Balaban J connectivity index is 0. The van der Waals surface area contributed by atoms with E-state index in [2.05, 4.69) is 25.7 Å². The van der Waals surface area contributed by atoms with Gasteiger partial charge >= 0.3 is 0 Å². The molecule has 0 rings (SSSR count). The smallest absolute Gasteiger partial charge is 0.0462 e. The average Bonchev–Trinajstić information content (AvgIpc) is 2.30. The topological polar surface area (TPSA) is 21.3 Å². The van der Waals surface area contributed by atoms with E-state index in [0.717, 1.165) is 18.8 Å². The van der Waals surface area contributed by atoms with E-state index >= 15 is 0 Å². The van der Waals surface area contributed by atoms with Crippen molar-refractivity contribution in [1.82, 2.24) is 5.32 Å². The lowest BCUT2D eigenvalue weighted by Gasteiger charge is -2.12. The fourth-order valence-corrected chi connectivity index (χ4v) is 1.18. The molecule has 0 saturated heterocycles. The van der Waals surface area contributed by atoms with Gasteiger partial charge in [-0.15, -0.1) is 0 Å². The van der Waals surface area contributed by atoms with Crippen LogP contribution in [0.3, 0.4) is 0 Å².